The molecule has 0 saturated heterocycles. The van der Waals surface area contributed by atoms with E-state index in [-0.39, 0.29) is 11.9 Å². The van der Waals surface area contributed by atoms with Crippen molar-refractivity contribution < 1.29 is 29.6 Å². The normalized spacial score (nSPS) is 8.36. The third-order valence-corrected chi connectivity index (χ3v) is 2.39. The second kappa shape index (κ2) is 12.1. The number of rotatable bonds is 2. The fourth-order valence-corrected chi connectivity index (χ4v) is 1.38. The Labute approximate surface area is 128 Å². The van der Waals surface area contributed by atoms with Gasteiger partial charge in [0.2, 0.25) is 0 Å². The van der Waals surface area contributed by atoms with Gasteiger partial charge in [0.1, 0.15) is 0 Å². The molecule has 0 unspecified atom stereocenters. The van der Waals surface area contributed by atoms with Crippen molar-refractivity contribution in [3.05, 3.63) is 71.8 Å². The lowest BCUT2D eigenvalue weighted by atomic mass is 10.2. The van der Waals surface area contributed by atoms with Crippen molar-refractivity contribution in [2.45, 2.75) is 0 Å². The number of esters is 2. The van der Waals surface area contributed by atoms with Crippen molar-refractivity contribution >= 4 is 11.9 Å². The Morgan fingerprint density at radius 3 is 1.18 bits per heavy atom. The van der Waals surface area contributed by atoms with Crippen molar-refractivity contribution in [1.82, 2.24) is 0 Å². The minimum Gasteiger partial charge on any atom is -0.465 e. The number of benzene rings is 2. The number of carbonyl (C=O) groups excluding carboxylic acids is 2. The lowest BCUT2D eigenvalue weighted by Crippen LogP contribution is -1.99. The summed E-state index contributed by atoms with van der Waals surface area (Å²) in [6, 6.07) is 17.8. The molecule has 0 bridgehead atoms. The quantitative estimate of drug-likeness (QED) is 0.503. The highest BCUT2D eigenvalue weighted by Crippen LogP contribution is 1.99. The molecule has 0 saturated carbocycles. The van der Waals surface area contributed by atoms with Gasteiger partial charge in [-0.05, 0) is 24.3 Å². The van der Waals surface area contributed by atoms with E-state index >= 15 is 0 Å². The first-order valence-electron chi connectivity index (χ1n) is 6.15. The molecule has 118 valence electrons. The molecule has 0 aliphatic rings. The van der Waals surface area contributed by atoms with Gasteiger partial charge in [0, 0.05) is 0 Å². The zero-order valence-electron chi connectivity index (χ0n) is 12.3. The molecule has 6 nitrogen and oxygen atoms in total. The molecule has 0 aromatic heterocycles. The summed E-state index contributed by atoms with van der Waals surface area (Å²) in [7, 11) is 2.74. The van der Waals surface area contributed by atoms with Gasteiger partial charge in [0.15, 0.2) is 0 Å². The summed E-state index contributed by atoms with van der Waals surface area (Å²) in [5.41, 5.74) is 1.18. The van der Waals surface area contributed by atoms with Gasteiger partial charge in [0.05, 0.1) is 25.3 Å². The van der Waals surface area contributed by atoms with Crippen LogP contribution in [0.3, 0.4) is 0 Å². The van der Waals surface area contributed by atoms with Crippen LogP contribution in [0.1, 0.15) is 20.7 Å². The van der Waals surface area contributed by atoms with E-state index in [0.29, 0.717) is 11.1 Å². The molecule has 0 fully saturated rings. The second-order valence-electron chi connectivity index (χ2n) is 3.72. The molecule has 0 amide bonds. The molecule has 0 atom stereocenters. The standard InChI is InChI=1S/2C8H8O2.H2O2/c2*1-10-8(9)7-5-3-2-4-6-7;1-2/h2*2-6H,1H3;1-2H. The molecule has 2 aromatic rings. The Balaban J connectivity index is 0.000000360. The van der Waals surface area contributed by atoms with Gasteiger partial charge >= 0.3 is 11.9 Å². The molecule has 0 radical (unpaired) electrons. The molecular formula is C16H18O6. The predicted molar refractivity (Wildman–Crippen MR) is 80.8 cm³/mol. The molecular weight excluding hydrogens is 288 g/mol. The predicted octanol–water partition coefficient (Wildman–Crippen LogP) is 2.96. The van der Waals surface area contributed by atoms with Crippen LogP contribution in [0.4, 0.5) is 0 Å². The fourth-order valence-electron chi connectivity index (χ4n) is 1.38. The Hall–Kier alpha value is -2.70. The number of ether oxygens (including phenoxy) is 2. The van der Waals surface area contributed by atoms with Crippen molar-refractivity contribution in [2.24, 2.45) is 0 Å². The van der Waals surface area contributed by atoms with E-state index in [4.69, 9.17) is 10.5 Å². The topological polar surface area (TPSA) is 93.1 Å². The van der Waals surface area contributed by atoms with Crippen LogP contribution < -0.4 is 0 Å². The molecule has 2 rings (SSSR count). The van der Waals surface area contributed by atoms with Crippen molar-refractivity contribution in [3.63, 3.8) is 0 Å². The number of methoxy groups -OCH3 is 2. The maximum Gasteiger partial charge on any atom is 0.337 e. The molecule has 0 aliphatic heterocycles. The fraction of sp³-hybridized carbons (Fsp3) is 0.125. The molecule has 6 heteroatoms. The zero-order valence-corrected chi connectivity index (χ0v) is 12.3. The molecule has 22 heavy (non-hydrogen) atoms. The van der Waals surface area contributed by atoms with Gasteiger partial charge in [-0.1, -0.05) is 36.4 Å². The van der Waals surface area contributed by atoms with Crippen LogP contribution in [-0.4, -0.2) is 36.7 Å². The summed E-state index contributed by atoms with van der Waals surface area (Å²) in [4.78, 5) is 21.6. The lowest BCUT2D eigenvalue weighted by Gasteiger charge is -1.95. The van der Waals surface area contributed by atoms with Gasteiger partial charge < -0.3 is 9.47 Å². The molecule has 0 heterocycles. The van der Waals surface area contributed by atoms with E-state index in [1.54, 1.807) is 48.5 Å². The maximum atomic E-state index is 10.8. The van der Waals surface area contributed by atoms with Crippen molar-refractivity contribution in [3.8, 4) is 0 Å². The van der Waals surface area contributed by atoms with E-state index in [0.717, 1.165) is 0 Å². The van der Waals surface area contributed by atoms with Crippen LogP contribution in [0, 0.1) is 0 Å². The number of carbonyl (C=O) groups is 2. The number of hydrogen-bond acceptors (Lipinski definition) is 6. The second-order valence-corrected chi connectivity index (χ2v) is 3.72. The number of hydrogen-bond donors (Lipinski definition) is 2. The molecule has 2 N–H and O–H groups in total. The Morgan fingerprint density at radius 2 is 0.955 bits per heavy atom. The summed E-state index contributed by atoms with van der Waals surface area (Å²) in [6.07, 6.45) is 0. The van der Waals surface area contributed by atoms with Gasteiger partial charge in [-0.2, -0.15) is 0 Å². The minimum absolute atomic E-state index is 0.291. The Kier molecular flexibility index (Phi) is 10.6. The zero-order chi connectivity index (χ0) is 16.8. The van der Waals surface area contributed by atoms with Gasteiger partial charge in [-0.15, -0.1) is 0 Å². The van der Waals surface area contributed by atoms with Gasteiger partial charge in [-0.3, -0.25) is 10.5 Å². The van der Waals surface area contributed by atoms with Crippen molar-refractivity contribution in [1.29, 1.82) is 0 Å². The third kappa shape index (κ3) is 7.18. The lowest BCUT2D eigenvalue weighted by molar-refractivity contribution is -0.176. The first kappa shape index (κ1) is 19.3. The summed E-state index contributed by atoms with van der Waals surface area (Å²) in [5, 5.41) is 12.0. The van der Waals surface area contributed by atoms with Crippen LogP contribution in [-0.2, 0) is 9.47 Å². The third-order valence-electron chi connectivity index (χ3n) is 2.39. The first-order chi connectivity index (χ1) is 10.7. The highest BCUT2D eigenvalue weighted by Gasteiger charge is 2.01. The molecule has 2 aromatic carbocycles. The van der Waals surface area contributed by atoms with E-state index < -0.39 is 0 Å². The molecule has 0 aliphatic carbocycles. The average molecular weight is 306 g/mol. The Morgan fingerprint density at radius 1 is 0.682 bits per heavy atom. The summed E-state index contributed by atoms with van der Waals surface area (Å²) >= 11 is 0. The van der Waals surface area contributed by atoms with Crippen LogP contribution in [0.15, 0.2) is 60.7 Å². The van der Waals surface area contributed by atoms with E-state index in [1.165, 1.54) is 14.2 Å². The first-order valence-corrected chi connectivity index (χ1v) is 6.15. The molecule has 0 spiro atoms. The van der Waals surface area contributed by atoms with E-state index in [1.807, 2.05) is 12.1 Å². The van der Waals surface area contributed by atoms with Crippen LogP contribution in [0.25, 0.3) is 0 Å². The largest absolute Gasteiger partial charge is 0.465 e. The highest BCUT2D eigenvalue weighted by atomic mass is 17.0. The minimum atomic E-state index is -0.291. The SMILES string of the molecule is COC(=O)c1ccccc1.COC(=O)c1ccccc1.OO. The average Bonchev–Trinajstić information content (AvgIpc) is 2.64. The van der Waals surface area contributed by atoms with Gasteiger partial charge in [-0.25, -0.2) is 9.59 Å². The summed E-state index contributed by atoms with van der Waals surface area (Å²) < 4.78 is 8.99. The van der Waals surface area contributed by atoms with Gasteiger partial charge in [0.25, 0.3) is 0 Å². The van der Waals surface area contributed by atoms with Crippen LogP contribution in [0.2, 0.25) is 0 Å². The smallest absolute Gasteiger partial charge is 0.337 e. The van der Waals surface area contributed by atoms with Crippen LogP contribution >= 0.6 is 0 Å². The maximum absolute atomic E-state index is 10.8. The summed E-state index contributed by atoms with van der Waals surface area (Å²) in [6.45, 7) is 0. The highest BCUT2D eigenvalue weighted by molar-refractivity contribution is 5.89. The Bertz CT molecular complexity index is 488. The van der Waals surface area contributed by atoms with E-state index in [9.17, 15) is 9.59 Å². The summed E-state index contributed by atoms with van der Waals surface area (Å²) in [5.74, 6) is -0.582. The van der Waals surface area contributed by atoms with E-state index in [2.05, 4.69) is 9.47 Å². The monoisotopic (exact) mass is 306 g/mol. The van der Waals surface area contributed by atoms with Crippen LogP contribution in [0.5, 0.6) is 0 Å². The van der Waals surface area contributed by atoms with Crippen molar-refractivity contribution in [2.75, 3.05) is 14.2 Å².